The molecule has 7 nitrogen and oxygen atoms in total. The Kier molecular flexibility index (Phi) is 7.53. The lowest BCUT2D eigenvalue weighted by molar-refractivity contribution is -0.144. The predicted molar refractivity (Wildman–Crippen MR) is 96.6 cm³/mol. The molecule has 0 aromatic heterocycles. The number of hydrogen-bond acceptors (Lipinski definition) is 5. The van der Waals surface area contributed by atoms with Crippen molar-refractivity contribution < 1.29 is 14.3 Å². The van der Waals surface area contributed by atoms with Crippen LogP contribution in [0.5, 0.6) is 0 Å². The lowest BCUT2D eigenvalue weighted by Gasteiger charge is -2.13. The summed E-state index contributed by atoms with van der Waals surface area (Å²) in [5.41, 5.74) is 10.2. The first-order valence-corrected chi connectivity index (χ1v) is 8.80. The lowest BCUT2D eigenvalue weighted by Crippen LogP contribution is -2.48. The number of carbonyl (C=O) groups excluding carboxylic acids is 2. The Balaban J connectivity index is 1.63. The molecule has 0 saturated heterocycles. The molecule has 2 rings (SSSR count). The van der Waals surface area contributed by atoms with Gasteiger partial charge < -0.3 is 15.5 Å². The number of urea groups is 1. The second-order valence-electron chi connectivity index (χ2n) is 6.56. The summed E-state index contributed by atoms with van der Waals surface area (Å²) in [6.07, 6.45) is 6.55. The van der Waals surface area contributed by atoms with Crippen molar-refractivity contribution in [2.75, 3.05) is 19.1 Å². The fraction of sp³-hybridized carbons (Fsp3) is 0.556. The van der Waals surface area contributed by atoms with Crippen LogP contribution < -0.4 is 21.7 Å². The molecular formula is C18H28N4O3. The molecule has 0 unspecified atom stereocenters. The number of hydrogen-bond donors (Lipinski definition) is 4. The van der Waals surface area contributed by atoms with Gasteiger partial charge in [0.15, 0.2) is 0 Å². The van der Waals surface area contributed by atoms with E-state index in [-0.39, 0.29) is 12.5 Å². The third-order valence-electron chi connectivity index (χ3n) is 4.51. The quantitative estimate of drug-likeness (QED) is 0.428. The van der Waals surface area contributed by atoms with Gasteiger partial charge in [0.2, 0.25) is 0 Å². The minimum absolute atomic E-state index is 0.204. The van der Waals surface area contributed by atoms with Crippen LogP contribution in [-0.2, 0) is 16.0 Å². The van der Waals surface area contributed by atoms with E-state index in [1.54, 1.807) is 6.92 Å². The van der Waals surface area contributed by atoms with Gasteiger partial charge in [-0.05, 0) is 30.0 Å². The van der Waals surface area contributed by atoms with Crippen LogP contribution in [0.25, 0.3) is 0 Å². The molecule has 1 aromatic carbocycles. The van der Waals surface area contributed by atoms with Gasteiger partial charge in [-0.3, -0.25) is 10.2 Å². The predicted octanol–water partition coefficient (Wildman–Crippen LogP) is 2.36. The maximum absolute atomic E-state index is 11.6. The summed E-state index contributed by atoms with van der Waals surface area (Å²) >= 11 is 0. The van der Waals surface area contributed by atoms with E-state index in [4.69, 9.17) is 0 Å². The maximum Gasteiger partial charge on any atom is 0.330 e. The number of ether oxygens (including phenoxy) is 1. The van der Waals surface area contributed by atoms with Gasteiger partial charge in [0, 0.05) is 6.54 Å². The van der Waals surface area contributed by atoms with Crippen molar-refractivity contribution in [2.45, 2.75) is 39.0 Å². The highest BCUT2D eigenvalue weighted by molar-refractivity contribution is 5.76. The molecule has 1 fully saturated rings. The number of rotatable bonds is 8. The highest BCUT2D eigenvalue weighted by Crippen LogP contribution is 2.28. The summed E-state index contributed by atoms with van der Waals surface area (Å²) in [4.78, 5) is 22.9. The van der Waals surface area contributed by atoms with E-state index in [9.17, 15) is 9.59 Å². The van der Waals surface area contributed by atoms with Crippen LogP contribution in [0.4, 0.5) is 10.5 Å². The van der Waals surface area contributed by atoms with Crippen LogP contribution in [-0.4, -0.2) is 25.7 Å². The number of carbonyl (C=O) groups is 2. The average molecular weight is 348 g/mol. The number of hydrazine groups is 2. The third-order valence-corrected chi connectivity index (χ3v) is 4.51. The van der Waals surface area contributed by atoms with Gasteiger partial charge in [-0.2, -0.15) is 0 Å². The molecule has 0 aliphatic heterocycles. The Morgan fingerprint density at radius 2 is 1.88 bits per heavy atom. The largest absolute Gasteiger partial charge is 0.469 e. The Morgan fingerprint density at radius 3 is 2.52 bits per heavy atom. The smallest absolute Gasteiger partial charge is 0.330 e. The monoisotopic (exact) mass is 348 g/mol. The number of methoxy groups -OCH3 is 1. The van der Waals surface area contributed by atoms with Crippen molar-refractivity contribution in [2.24, 2.45) is 11.8 Å². The molecule has 138 valence electrons. The second-order valence-corrected chi connectivity index (χ2v) is 6.56. The lowest BCUT2D eigenvalue weighted by atomic mass is 9.98. The van der Waals surface area contributed by atoms with Crippen LogP contribution in [0.3, 0.4) is 0 Å². The van der Waals surface area contributed by atoms with E-state index in [1.807, 2.05) is 12.1 Å². The number of esters is 1. The molecule has 1 aliphatic carbocycles. The maximum atomic E-state index is 11.6. The molecule has 25 heavy (non-hydrogen) atoms. The molecule has 1 atom stereocenters. The highest BCUT2D eigenvalue weighted by Gasteiger charge is 2.15. The summed E-state index contributed by atoms with van der Waals surface area (Å²) in [6, 6.07) is 7.76. The summed E-state index contributed by atoms with van der Waals surface area (Å²) < 4.78 is 4.60. The van der Waals surface area contributed by atoms with E-state index < -0.39 is 11.9 Å². The standard InChI is InChI=1S/C18H28N4O3/c1-13(17(23)25-2)12-19-18(24)21-22-20-16-9-7-15(8-10-16)11-14-5-3-4-6-14/h7-10,13-14,20,22H,3-6,11-12H2,1-2H3,(H2,19,21,24)/t13-/m0/s1. The molecule has 7 heteroatoms. The van der Waals surface area contributed by atoms with Gasteiger partial charge in [0.25, 0.3) is 0 Å². The minimum Gasteiger partial charge on any atom is -0.469 e. The Bertz CT molecular complexity index is 556. The van der Waals surface area contributed by atoms with E-state index in [2.05, 4.69) is 38.6 Å². The van der Waals surface area contributed by atoms with Crippen molar-refractivity contribution in [1.29, 1.82) is 0 Å². The molecule has 0 heterocycles. The molecule has 0 bridgehead atoms. The van der Waals surface area contributed by atoms with E-state index in [1.165, 1.54) is 38.4 Å². The number of anilines is 1. The Morgan fingerprint density at radius 1 is 1.20 bits per heavy atom. The van der Waals surface area contributed by atoms with E-state index in [0.717, 1.165) is 18.0 Å². The van der Waals surface area contributed by atoms with E-state index in [0.29, 0.717) is 0 Å². The molecule has 1 saturated carbocycles. The Hall–Kier alpha value is -2.28. The van der Waals surface area contributed by atoms with Crippen molar-refractivity contribution in [3.63, 3.8) is 0 Å². The van der Waals surface area contributed by atoms with E-state index >= 15 is 0 Å². The zero-order valence-corrected chi connectivity index (χ0v) is 14.9. The molecule has 4 N–H and O–H groups in total. The summed E-state index contributed by atoms with van der Waals surface area (Å²) in [6.45, 7) is 1.89. The zero-order chi connectivity index (χ0) is 18.1. The number of amides is 2. The van der Waals surface area contributed by atoms with Crippen LogP contribution >= 0.6 is 0 Å². The zero-order valence-electron chi connectivity index (χ0n) is 14.9. The SMILES string of the molecule is COC(=O)[C@@H](C)CNC(=O)NNNc1ccc(CC2CCCC2)cc1. The second kappa shape index (κ2) is 9.88. The first-order valence-electron chi connectivity index (χ1n) is 8.80. The minimum atomic E-state index is -0.430. The van der Waals surface area contributed by atoms with Gasteiger partial charge >= 0.3 is 12.0 Å². The molecular weight excluding hydrogens is 320 g/mol. The summed E-state index contributed by atoms with van der Waals surface area (Å²) in [5.74, 6) is 0.0786. The number of benzene rings is 1. The van der Waals surface area contributed by atoms with Gasteiger partial charge in [0.05, 0.1) is 18.7 Å². The molecule has 1 aromatic rings. The van der Waals surface area contributed by atoms with Gasteiger partial charge in [-0.25, -0.2) is 4.79 Å². The van der Waals surface area contributed by atoms with Gasteiger partial charge in [-0.1, -0.05) is 44.7 Å². The topological polar surface area (TPSA) is 91.5 Å². The normalized spacial score (nSPS) is 15.4. The summed E-state index contributed by atoms with van der Waals surface area (Å²) in [5, 5.41) is 2.58. The first kappa shape index (κ1) is 19.1. The van der Waals surface area contributed by atoms with Crippen molar-refractivity contribution in [3.05, 3.63) is 29.8 Å². The van der Waals surface area contributed by atoms with Crippen molar-refractivity contribution in [1.82, 2.24) is 16.3 Å². The van der Waals surface area contributed by atoms with Crippen molar-refractivity contribution in [3.8, 4) is 0 Å². The van der Waals surface area contributed by atoms with Crippen LogP contribution in [0, 0.1) is 11.8 Å². The first-order chi connectivity index (χ1) is 12.1. The van der Waals surface area contributed by atoms with Crippen LogP contribution in [0.15, 0.2) is 24.3 Å². The highest BCUT2D eigenvalue weighted by atomic mass is 16.5. The molecule has 1 aliphatic rings. The third kappa shape index (κ3) is 6.62. The fourth-order valence-electron chi connectivity index (χ4n) is 3.01. The fourth-order valence-corrected chi connectivity index (χ4v) is 3.01. The molecule has 2 amide bonds. The van der Waals surface area contributed by atoms with Crippen LogP contribution in [0.1, 0.15) is 38.2 Å². The van der Waals surface area contributed by atoms with Crippen LogP contribution in [0.2, 0.25) is 0 Å². The molecule has 0 radical (unpaired) electrons. The number of nitrogens with one attached hydrogen (secondary N) is 4. The summed E-state index contributed by atoms with van der Waals surface area (Å²) in [7, 11) is 1.32. The molecule has 0 spiro atoms. The van der Waals surface area contributed by atoms with Gasteiger partial charge in [-0.15, -0.1) is 5.53 Å². The Labute approximate surface area is 148 Å². The average Bonchev–Trinajstić information content (AvgIpc) is 3.13. The van der Waals surface area contributed by atoms with Crippen molar-refractivity contribution >= 4 is 17.7 Å². The van der Waals surface area contributed by atoms with Gasteiger partial charge in [0.1, 0.15) is 0 Å².